The second-order valence-corrected chi connectivity index (χ2v) is 3.14. The van der Waals surface area contributed by atoms with Crippen LogP contribution in [0.3, 0.4) is 0 Å². The number of nitrogens with zero attached hydrogens (tertiary/aromatic N) is 1. The molecule has 2 N–H and O–H groups in total. The van der Waals surface area contributed by atoms with E-state index in [2.05, 4.69) is 9.72 Å². The maximum atomic E-state index is 12.7. The molecule has 0 aromatic carbocycles. The standard InChI is InChI=1S/C9H7F5N2O2/c1-18-8(17)6-5(9(12,13)14)4(7(10)11)3(15)2-16-6/h2,7H,15H2,1H3. The molecule has 0 aliphatic carbocycles. The first kappa shape index (κ1) is 14.1. The minimum absolute atomic E-state index is 0.559. The lowest BCUT2D eigenvalue weighted by molar-refractivity contribution is -0.140. The molecule has 0 atom stereocenters. The molecule has 9 heteroatoms. The van der Waals surface area contributed by atoms with Crippen LogP contribution in [0.15, 0.2) is 6.20 Å². The highest BCUT2D eigenvalue weighted by atomic mass is 19.4. The quantitative estimate of drug-likeness (QED) is 0.662. The Labute approximate surface area is 97.6 Å². The number of carbonyl (C=O) groups excluding carboxylic acids is 1. The second kappa shape index (κ2) is 4.75. The normalized spacial score (nSPS) is 11.7. The van der Waals surface area contributed by atoms with E-state index < -0.39 is 41.1 Å². The number of nitrogen functional groups attached to an aromatic ring is 1. The van der Waals surface area contributed by atoms with Gasteiger partial charge < -0.3 is 10.5 Å². The summed E-state index contributed by atoms with van der Waals surface area (Å²) in [5.41, 5.74) is -0.394. The maximum Gasteiger partial charge on any atom is 0.419 e. The summed E-state index contributed by atoms with van der Waals surface area (Å²) in [7, 11) is 0.808. The minimum atomic E-state index is -5.20. The SMILES string of the molecule is COC(=O)c1ncc(N)c(C(F)F)c1C(F)(F)F. The van der Waals surface area contributed by atoms with E-state index in [0.29, 0.717) is 6.20 Å². The fraction of sp³-hybridized carbons (Fsp3) is 0.333. The third kappa shape index (κ3) is 2.49. The van der Waals surface area contributed by atoms with Crippen molar-refractivity contribution in [1.82, 2.24) is 4.98 Å². The van der Waals surface area contributed by atoms with Gasteiger partial charge in [-0.3, -0.25) is 0 Å². The van der Waals surface area contributed by atoms with Gasteiger partial charge >= 0.3 is 12.1 Å². The van der Waals surface area contributed by atoms with Gasteiger partial charge in [0.1, 0.15) is 0 Å². The monoisotopic (exact) mass is 270 g/mol. The van der Waals surface area contributed by atoms with Crippen molar-refractivity contribution in [3.63, 3.8) is 0 Å². The first-order chi connectivity index (χ1) is 8.20. The van der Waals surface area contributed by atoms with Crippen LogP contribution in [-0.4, -0.2) is 18.1 Å². The van der Waals surface area contributed by atoms with Crippen molar-refractivity contribution in [2.75, 3.05) is 12.8 Å². The molecular weight excluding hydrogens is 263 g/mol. The Hall–Kier alpha value is -1.93. The van der Waals surface area contributed by atoms with Gasteiger partial charge in [-0.1, -0.05) is 0 Å². The largest absolute Gasteiger partial charge is 0.464 e. The van der Waals surface area contributed by atoms with Crippen molar-refractivity contribution in [1.29, 1.82) is 0 Å². The molecule has 0 unspecified atom stereocenters. The molecule has 100 valence electrons. The van der Waals surface area contributed by atoms with Crippen molar-refractivity contribution in [2.24, 2.45) is 0 Å². The highest BCUT2D eigenvalue weighted by Gasteiger charge is 2.42. The van der Waals surface area contributed by atoms with Crippen molar-refractivity contribution < 1.29 is 31.5 Å². The topological polar surface area (TPSA) is 65.2 Å². The zero-order chi connectivity index (χ0) is 14.1. The lowest BCUT2D eigenvalue weighted by atomic mass is 10.0. The molecule has 0 amide bonds. The van der Waals surface area contributed by atoms with Crippen LogP contribution in [0.2, 0.25) is 0 Å². The number of hydrogen-bond acceptors (Lipinski definition) is 4. The van der Waals surface area contributed by atoms with E-state index in [1.807, 2.05) is 0 Å². The third-order valence-corrected chi connectivity index (χ3v) is 2.03. The lowest BCUT2D eigenvalue weighted by Crippen LogP contribution is -2.20. The van der Waals surface area contributed by atoms with Gasteiger partial charge in [0.05, 0.1) is 30.1 Å². The first-order valence-electron chi connectivity index (χ1n) is 4.42. The van der Waals surface area contributed by atoms with E-state index in [1.54, 1.807) is 0 Å². The number of halogens is 5. The molecule has 1 aromatic heterocycles. The highest BCUT2D eigenvalue weighted by molar-refractivity contribution is 5.90. The van der Waals surface area contributed by atoms with E-state index in [9.17, 15) is 26.7 Å². The highest BCUT2D eigenvalue weighted by Crippen LogP contribution is 2.40. The van der Waals surface area contributed by atoms with Crippen LogP contribution in [0, 0.1) is 0 Å². The molecule has 4 nitrogen and oxygen atoms in total. The van der Waals surface area contributed by atoms with E-state index in [4.69, 9.17) is 5.73 Å². The summed E-state index contributed by atoms with van der Waals surface area (Å²) in [5, 5.41) is 0. The van der Waals surface area contributed by atoms with Gasteiger partial charge in [0.15, 0.2) is 5.69 Å². The molecular formula is C9H7F5N2O2. The lowest BCUT2D eigenvalue weighted by Gasteiger charge is -2.16. The number of alkyl halides is 5. The van der Waals surface area contributed by atoms with Crippen molar-refractivity contribution in [2.45, 2.75) is 12.6 Å². The van der Waals surface area contributed by atoms with Crippen molar-refractivity contribution in [3.8, 4) is 0 Å². The molecule has 0 bridgehead atoms. The van der Waals surface area contributed by atoms with Crippen LogP contribution in [0.1, 0.15) is 28.0 Å². The van der Waals surface area contributed by atoms with Crippen LogP contribution >= 0.6 is 0 Å². The molecule has 1 rings (SSSR count). The van der Waals surface area contributed by atoms with Gasteiger partial charge in [0.2, 0.25) is 0 Å². The van der Waals surface area contributed by atoms with E-state index >= 15 is 0 Å². The number of aromatic nitrogens is 1. The summed E-state index contributed by atoms with van der Waals surface area (Å²) in [6, 6.07) is 0. The smallest absolute Gasteiger partial charge is 0.419 e. The number of anilines is 1. The summed E-state index contributed by atoms with van der Waals surface area (Å²) >= 11 is 0. The predicted octanol–water partition coefficient (Wildman–Crippen LogP) is 2.41. The number of methoxy groups -OCH3 is 1. The van der Waals surface area contributed by atoms with Crippen LogP contribution < -0.4 is 5.73 Å². The van der Waals surface area contributed by atoms with Crippen LogP contribution in [0.4, 0.5) is 27.6 Å². The van der Waals surface area contributed by atoms with E-state index in [0.717, 1.165) is 7.11 Å². The van der Waals surface area contributed by atoms with Crippen LogP contribution in [0.5, 0.6) is 0 Å². The number of ether oxygens (including phenoxy) is 1. The summed E-state index contributed by atoms with van der Waals surface area (Å²) in [6.45, 7) is 0. The number of esters is 1. The molecule has 0 radical (unpaired) electrons. The number of nitrogens with two attached hydrogens (primary N) is 1. The average Bonchev–Trinajstić information content (AvgIpc) is 2.25. The number of hydrogen-bond donors (Lipinski definition) is 1. The Bertz CT molecular complexity index is 473. The number of carbonyl (C=O) groups is 1. The van der Waals surface area contributed by atoms with E-state index in [1.165, 1.54) is 0 Å². The molecule has 0 saturated carbocycles. The first-order valence-corrected chi connectivity index (χ1v) is 4.42. The Kier molecular flexibility index (Phi) is 3.73. The average molecular weight is 270 g/mol. The molecule has 0 saturated heterocycles. The summed E-state index contributed by atoms with van der Waals surface area (Å²) < 4.78 is 67.4. The van der Waals surface area contributed by atoms with Gasteiger partial charge in [0.25, 0.3) is 6.43 Å². The number of rotatable bonds is 2. The van der Waals surface area contributed by atoms with Gasteiger partial charge in [0, 0.05) is 0 Å². The minimum Gasteiger partial charge on any atom is -0.464 e. The Balaban J connectivity index is 3.65. The molecule has 0 spiro atoms. The molecule has 0 aliphatic rings. The molecule has 0 aliphatic heterocycles. The van der Waals surface area contributed by atoms with Crippen LogP contribution in [0.25, 0.3) is 0 Å². The van der Waals surface area contributed by atoms with Crippen LogP contribution in [-0.2, 0) is 10.9 Å². The fourth-order valence-corrected chi connectivity index (χ4v) is 1.31. The Morgan fingerprint density at radius 2 is 2.00 bits per heavy atom. The van der Waals surface area contributed by atoms with Gasteiger partial charge in [-0.15, -0.1) is 0 Å². The molecule has 1 heterocycles. The summed E-state index contributed by atoms with van der Waals surface area (Å²) in [4.78, 5) is 14.2. The van der Waals surface area contributed by atoms with E-state index in [-0.39, 0.29) is 0 Å². The molecule has 18 heavy (non-hydrogen) atoms. The number of pyridine rings is 1. The molecule has 0 fully saturated rings. The zero-order valence-electron chi connectivity index (χ0n) is 8.89. The van der Waals surface area contributed by atoms with Crippen molar-refractivity contribution >= 4 is 11.7 Å². The Morgan fingerprint density at radius 3 is 2.39 bits per heavy atom. The predicted molar refractivity (Wildman–Crippen MR) is 49.9 cm³/mol. The fourth-order valence-electron chi connectivity index (χ4n) is 1.31. The second-order valence-electron chi connectivity index (χ2n) is 3.14. The summed E-state index contributed by atoms with van der Waals surface area (Å²) in [5.74, 6) is -1.47. The zero-order valence-corrected chi connectivity index (χ0v) is 8.89. The van der Waals surface area contributed by atoms with Crippen molar-refractivity contribution in [3.05, 3.63) is 23.0 Å². The third-order valence-electron chi connectivity index (χ3n) is 2.03. The van der Waals surface area contributed by atoms with Gasteiger partial charge in [-0.25, -0.2) is 18.6 Å². The maximum absolute atomic E-state index is 12.7. The van der Waals surface area contributed by atoms with Gasteiger partial charge in [-0.2, -0.15) is 13.2 Å². The summed E-state index contributed by atoms with van der Waals surface area (Å²) in [6.07, 6.45) is -8.13. The van der Waals surface area contributed by atoms with Gasteiger partial charge in [-0.05, 0) is 0 Å². The molecule has 1 aromatic rings. The Morgan fingerprint density at radius 1 is 1.44 bits per heavy atom.